The number of rotatable bonds is 6. The van der Waals surface area contributed by atoms with Crippen molar-refractivity contribution in [1.82, 2.24) is 4.90 Å². The quantitative estimate of drug-likeness (QED) is 0.720. The van der Waals surface area contributed by atoms with E-state index in [1.807, 2.05) is 13.0 Å². The van der Waals surface area contributed by atoms with Gasteiger partial charge in [-0.15, -0.1) is 0 Å². The summed E-state index contributed by atoms with van der Waals surface area (Å²) in [5, 5.41) is 0. The maximum absolute atomic E-state index is 12.8. The molecular weight excluding hydrogens is 342 g/mol. The Labute approximate surface area is 149 Å². The minimum atomic E-state index is -3.03. The first-order valence-corrected chi connectivity index (χ1v) is 10.0. The zero-order valence-electron chi connectivity index (χ0n) is 15.1. The zero-order valence-corrected chi connectivity index (χ0v) is 15.9. The van der Waals surface area contributed by atoms with E-state index in [4.69, 9.17) is 9.47 Å². The second-order valence-electron chi connectivity index (χ2n) is 6.09. The predicted octanol–water partition coefficient (Wildman–Crippen LogP) is 2.14. The second kappa shape index (κ2) is 7.91. The van der Waals surface area contributed by atoms with Gasteiger partial charge in [-0.3, -0.25) is 4.79 Å². The number of nitrogens with zero attached hydrogens (tertiary/aromatic N) is 1. The van der Waals surface area contributed by atoms with E-state index in [-0.39, 0.29) is 23.5 Å². The van der Waals surface area contributed by atoms with E-state index in [0.29, 0.717) is 30.0 Å². The molecule has 1 aromatic carbocycles. The number of hydrogen-bond donors (Lipinski definition) is 0. The van der Waals surface area contributed by atoms with Crippen LogP contribution < -0.4 is 9.47 Å². The second-order valence-corrected chi connectivity index (χ2v) is 8.32. The molecule has 1 saturated heterocycles. The van der Waals surface area contributed by atoms with E-state index >= 15 is 0 Å². The van der Waals surface area contributed by atoms with Crippen molar-refractivity contribution >= 4 is 21.8 Å². The molecule has 0 radical (unpaired) electrons. The molecule has 1 unspecified atom stereocenters. The van der Waals surface area contributed by atoms with Crippen LogP contribution in [0.3, 0.4) is 0 Å². The van der Waals surface area contributed by atoms with Crippen LogP contribution in [0.15, 0.2) is 23.8 Å². The zero-order chi connectivity index (χ0) is 18.6. The van der Waals surface area contributed by atoms with Crippen LogP contribution in [0.5, 0.6) is 11.5 Å². The molecule has 0 saturated carbocycles. The van der Waals surface area contributed by atoms with Crippen LogP contribution in [-0.4, -0.2) is 57.5 Å². The number of ether oxygens (including phenoxy) is 2. The Morgan fingerprint density at radius 1 is 1.28 bits per heavy atom. The molecule has 138 valence electrons. The molecule has 2 rings (SSSR count). The highest BCUT2D eigenvalue weighted by Crippen LogP contribution is 2.28. The van der Waals surface area contributed by atoms with Gasteiger partial charge < -0.3 is 14.4 Å². The van der Waals surface area contributed by atoms with Crippen LogP contribution in [-0.2, 0) is 14.6 Å². The van der Waals surface area contributed by atoms with Crippen molar-refractivity contribution in [2.45, 2.75) is 26.3 Å². The van der Waals surface area contributed by atoms with Gasteiger partial charge in [-0.1, -0.05) is 6.07 Å². The maximum Gasteiger partial charge on any atom is 0.249 e. The number of methoxy groups -OCH3 is 2. The molecule has 1 aliphatic heterocycles. The summed E-state index contributed by atoms with van der Waals surface area (Å²) in [6.07, 6.45) is 2.28. The van der Waals surface area contributed by atoms with Crippen LogP contribution >= 0.6 is 0 Å². The summed E-state index contributed by atoms with van der Waals surface area (Å²) in [5.74, 6) is 1.27. The first-order chi connectivity index (χ1) is 11.8. The van der Waals surface area contributed by atoms with E-state index < -0.39 is 9.84 Å². The van der Waals surface area contributed by atoms with E-state index in [1.54, 1.807) is 44.3 Å². The average molecular weight is 367 g/mol. The normalized spacial score (nSPS) is 19.5. The molecule has 25 heavy (non-hydrogen) atoms. The van der Waals surface area contributed by atoms with Gasteiger partial charge in [0.2, 0.25) is 5.91 Å². The lowest BCUT2D eigenvalue weighted by Gasteiger charge is -2.27. The van der Waals surface area contributed by atoms with Gasteiger partial charge in [0.25, 0.3) is 0 Å². The van der Waals surface area contributed by atoms with Crippen LogP contribution in [0, 0.1) is 0 Å². The fraction of sp³-hybridized carbons (Fsp3) is 0.500. The minimum absolute atomic E-state index is 0.0518. The Balaban J connectivity index is 2.21. The molecule has 1 aliphatic rings. The van der Waals surface area contributed by atoms with E-state index in [1.165, 1.54) is 0 Å². The predicted molar refractivity (Wildman–Crippen MR) is 97.6 cm³/mol. The first kappa shape index (κ1) is 19.3. The van der Waals surface area contributed by atoms with Gasteiger partial charge in [-0.05, 0) is 44.0 Å². The number of carbonyl (C=O) groups excluding carboxylic acids is 1. The van der Waals surface area contributed by atoms with Crippen molar-refractivity contribution < 1.29 is 22.7 Å². The number of hydrogen-bond acceptors (Lipinski definition) is 5. The third-order valence-corrected chi connectivity index (χ3v) is 6.13. The maximum atomic E-state index is 12.8. The van der Waals surface area contributed by atoms with E-state index in [2.05, 4.69) is 0 Å². The van der Waals surface area contributed by atoms with Gasteiger partial charge in [0, 0.05) is 18.2 Å². The fourth-order valence-electron chi connectivity index (χ4n) is 3.07. The summed E-state index contributed by atoms with van der Waals surface area (Å²) in [5.41, 5.74) is 1.37. The lowest BCUT2D eigenvalue weighted by Crippen LogP contribution is -2.41. The number of carbonyl (C=O) groups is 1. The molecule has 0 spiro atoms. The van der Waals surface area contributed by atoms with Crippen LogP contribution in [0.25, 0.3) is 6.08 Å². The monoisotopic (exact) mass is 367 g/mol. The Kier molecular flexibility index (Phi) is 6.11. The van der Waals surface area contributed by atoms with Gasteiger partial charge in [0.15, 0.2) is 21.3 Å². The lowest BCUT2D eigenvalue weighted by molar-refractivity contribution is -0.128. The Morgan fingerprint density at radius 3 is 2.48 bits per heavy atom. The molecule has 6 nitrogen and oxygen atoms in total. The Hall–Kier alpha value is -2.02. The average Bonchev–Trinajstić information content (AvgIpc) is 2.94. The molecule has 1 heterocycles. The third kappa shape index (κ3) is 4.54. The molecule has 1 aromatic rings. The molecule has 1 fully saturated rings. The topological polar surface area (TPSA) is 72.9 Å². The SMILES string of the molecule is CCN(C(=O)/C(C)=C/c1ccc(OC)c(OC)c1)C1CCS(=O)(=O)C1. The summed E-state index contributed by atoms with van der Waals surface area (Å²) in [7, 11) is 0.0955. The molecule has 0 bridgehead atoms. The van der Waals surface area contributed by atoms with Crippen molar-refractivity contribution in [2.24, 2.45) is 0 Å². The van der Waals surface area contributed by atoms with Gasteiger partial charge >= 0.3 is 0 Å². The van der Waals surface area contributed by atoms with Crippen molar-refractivity contribution in [3.05, 3.63) is 29.3 Å². The minimum Gasteiger partial charge on any atom is -0.493 e. The Bertz CT molecular complexity index is 770. The molecular formula is C18H25NO5S. The number of amides is 1. The smallest absolute Gasteiger partial charge is 0.249 e. The number of likely N-dealkylation sites (N-methyl/N-ethyl adjacent to an activating group) is 1. The standard InChI is InChI=1S/C18H25NO5S/c1-5-19(15-8-9-25(21,22)12-15)18(20)13(2)10-14-6-7-16(23-3)17(11-14)24-4/h6-7,10-11,15H,5,8-9,12H2,1-4H3/b13-10+. The van der Waals surface area contributed by atoms with Crippen molar-refractivity contribution in [1.29, 1.82) is 0 Å². The highest BCUT2D eigenvalue weighted by Gasteiger charge is 2.34. The van der Waals surface area contributed by atoms with Gasteiger partial charge in [0.1, 0.15) is 0 Å². The summed E-state index contributed by atoms with van der Waals surface area (Å²) in [6, 6.07) is 5.18. The van der Waals surface area contributed by atoms with E-state index in [9.17, 15) is 13.2 Å². The van der Waals surface area contributed by atoms with Gasteiger partial charge in [-0.25, -0.2) is 8.42 Å². The highest BCUT2D eigenvalue weighted by molar-refractivity contribution is 7.91. The first-order valence-electron chi connectivity index (χ1n) is 8.23. The third-order valence-electron chi connectivity index (χ3n) is 4.38. The molecule has 0 aromatic heterocycles. The van der Waals surface area contributed by atoms with Crippen LogP contribution in [0.4, 0.5) is 0 Å². The fourth-order valence-corrected chi connectivity index (χ4v) is 4.80. The summed E-state index contributed by atoms with van der Waals surface area (Å²) in [6.45, 7) is 4.09. The molecule has 7 heteroatoms. The van der Waals surface area contributed by atoms with Gasteiger partial charge in [-0.2, -0.15) is 0 Å². The van der Waals surface area contributed by atoms with Crippen molar-refractivity contribution in [2.75, 3.05) is 32.3 Å². The molecule has 0 aliphatic carbocycles. The van der Waals surface area contributed by atoms with Crippen molar-refractivity contribution in [3.63, 3.8) is 0 Å². The summed E-state index contributed by atoms with van der Waals surface area (Å²) >= 11 is 0. The number of benzene rings is 1. The van der Waals surface area contributed by atoms with Crippen LogP contribution in [0.1, 0.15) is 25.8 Å². The summed E-state index contributed by atoms with van der Waals surface area (Å²) < 4.78 is 33.9. The lowest BCUT2D eigenvalue weighted by atomic mass is 10.1. The number of sulfone groups is 1. The molecule has 0 N–H and O–H groups in total. The molecule has 1 amide bonds. The van der Waals surface area contributed by atoms with Crippen LogP contribution in [0.2, 0.25) is 0 Å². The van der Waals surface area contributed by atoms with Gasteiger partial charge in [0.05, 0.1) is 25.7 Å². The Morgan fingerprint density at radius 2 is 1.96 bits per heavy atom. The van der Waals surface area contributed by atoms with Crippen molar-refractivity contribution in [3.8, 4) is 11.5 Å². The molecule has 1 atom stereocenters. The van der Waals surface area contributed by atoms with E-state index in [0.717, 1.165) is 5.56 Å². The summed E-state index contributed by atoms with van der Waals surface area (Å²) in [4.78, 5) is 14.4. The largest absolute Gasteiger partial charge is 0.493 e. The highest BCUT2D eigenvalue weighted by atomic mass is 32.2.